The van der Waals surface area contributed by atoms with E-state index < -0.39 is 53.7 Å². The molecule has 7 atom stereocenters. The molecule has 354 valence electrons. The molecule has 0 saturated carbocycles. The molecule has 0 aliphatic carbocycles. The SMILES string of the molecule is C=Cc1c(C)c2cc3nc(c(C)c4cc(C)c(cc5nc(cc1[nH]2)C(C)=C5CC)[nH]4)[C@@H](CCC(=O)N(C)CCCS[C@@H]1O[C@H](COC(C)=O)[C@@H](OC(C)=O)[C@H](OC(C)=O)[C@H]1OC(C)=O)[C@@H]3C. The van der Waals surface area contributed by atoms with E-state index in [1.54, 1.807) is 11.9 Å². The number of amides is 1. The van der Waals surface area contributed by atoms with Crippen LogP contribution in [-0.4, -0.2) is 110 Å². The summed E-state index contributed by atoms with van der Waals surface area (Å²) in [7, 11) is 1.78. The molecule has 3 aliphatic heterocycles. The first-order valence-electron chi connectivity index (χ1n) is 22.5. The second kappa shape index (κ2) is 21.3. The number of carbonyl (C=O) groups excluding carboxylic acids is 5. The minimum atomic E-state index is -1.24. The first-order chi connectivity index (χ1) is 31.3. The van der Waals surface area contributed by atoms with Crippen LogP contribution in [0.3, 0.4) is 0 Å². The Morgan fingerprint density at radius 2 is 1.45 bits per heavy atom. The summed E-state index contributed by atoms with van der Waals surface area (Å²) in [5.41, 5.74) is 13.3. The van der Waals surface area contributed by atoms with Gasteiger partial charge in [-0.3, -0.25) is 29.0 Å². The first-order valence-corrected chi connectivity index (χ1v) is 23.6. The van der Waals surface area contributed by atoms with Crippen LogP contribution in [0, 0.1) is 20.8 Å². The summed E-state index contributed by atoms with van der Waals surface area (Å²) in [5, 5.41) is 0. The molecule has 1 saturated heterocycles. The normalized spacial score (nSPS) is 21.5. The molecule has 0 aromatic carbocycles. The average molecular weight is 926 g/mol. The molecule has 0 unspecified atom stereocenters. The van der Waals surface area contributed by atoms with Crippen molar-refractivity contribution < 1.29 is 47.7 Å². The van der Waals surface area contributed by atoms with E-state index >= 15 is 0 Å². The van der Waals surface area contributed by atoms with Gasteiger partial charge in [0.2, 0.25) is 5.91 Å². The number of esters is 4. The number of H-pyrrole nitrogens is 2. The number of hydrogen-bond acceptors (Lipinski definition) is 13. The van der Waals surface area contributed by atoms with Gasteiger partial charge < -0.3 is 38.6 Å². The molecule has 6 rings (SSSR count). The number of aryl methyl sites for hydroxylation is 3. The standard InChI is InChI=1S/C50H63N5O10S/c1-13-34-27(5)40-23-43-35(14-2)26(4)39(52-43)22-41-28(6)36(46(54-41)29(7)38-20-25(3)37(51-38)21-42(34)53-40)16-17-45(60)55(12)18-15-19-66-50-49(64-33(11)59)48(63-32(10)58)47(62-31(9)57)44(65-50)24-61-30(8)56/h14,20-23,28,36,44,47-52H,2,13,15-19,24H2,1,3-12H3/t28-,36-,44+,47+,48-,49+,50-/m0/s1. The molecule has 0 radical (unpaired) electrons. The van der Waals surface area contributed by atoms with Gasteiger partial charge in [0.15, 0.2) is 18.3 Å². The number of allylic oxidation sites excluding steroid dienone is 2. The largest absolute Gasteiger partial charge is 0.463 e. The van der Waals surface area contributed by atoms with Gasteiger partial charge in [-0.2, -0.15) is 0 Å². The monoisotopic (exact) mass is 925 g/mol. The summed E-state index contributed by atoms with van der Waals surface area (Å²) < 4.78 is 28.1. The second-order valence-corrected chi connectivity index (χ2v) is 18.5. The number of thioether (sulfide) groups is 1. The maximum absolute atomic E-state index is 13.8. The fourth-order valence-corrected chi connectivity index (χ4v) is 10.2. The third kappa shape index (κ3) is 11.1. The third-order valence-electron chi connectivity index (χ3n) is 12.6. The van der Waals surface area contributed by atoms with Gasteiger partial charge in [-0.15, -0.1) is 11.8 Å². The zero-order valence-corrected chi connectivity index (χ0v) is 40.7. The van der Waals surface area contributed by atoms with E-state index in [1.807, 2.05) is 6.08 Å². The molecule has 2 N–H and O–H groups in total. The molecule has 0 spiro atoms. The van der Waals surface area contributed by atoms with Crippen molar-refractivity contribution in [2.45, 2.75) is 137 Å². The molecule has 16 heteroatoms. The minimum absolute atomic E-state index is 0.0133. The van der Waals surface area contributed by atoms with Crippen molar-refractivity contribution in [3.63, 3.8) is 0 Å². The summed E-state index contributed by atoms with van der Waals surface area (Å²) in [6.45, 7) is 21.8. The van der Waals surface area contributed by atoms with Gasteiger partial charge in [0, 0.05) is 98.6 Å². The number of aromatic amines is 2. The molecular formula is C50H63N5O10S. The van der Waals surface area contributed by atoms with Gasteiger partial charge in [0.25, 0.3) is 0 Å². The van der Waals surface area contributed by atoms with Crippen LogP contribution >= 0.6 is 11.8 Å². The summed E-state index contributed by atoms with van der Waals surface area (Å²) in [6, 6.07) is 8.55. The van der Waals surface area contributed by atoms with Crippen LogP contribution in [0.15, 0.2) is 30.8 Å². The highest BCUT2D eigenvalue weighted by atomic mass is 32.2. The molecule has 1 amide bonds. The van der Waals surface area contributed by atoms with E-state index in [0.717, 1.165) is 79.1 Å². The Bertz CT molecular complexity index is 2600. The van der Waals surface area contributed by atoms with E-state index in [2.05, 4.69) is 82.4 Å². The Hall–Kier alpha value is -5.74. The fraction of sp³-hybridized carbons (Fsp3) is 0.500. The Balaban J connectivity index is 1.21. The van der Waals surface area contributed by atoms with Gasteiger partial charge in [-0.25, -0.2) is 4.98 Å². The third-order valence-corrected chi connectivity index (χ3v) is 13.9. The lowest BCUT2D eigenvalue weighted by Gasteiger charge is -2.44. The van der Waals surface area contributed by atoms with Gasteiger partial charge in [-0.1, -0.05) is 26.5 Å². The van der Waals surface area contributed by atoms with Crippen molar-refractivity contribution in [2.75, 3.05) is 26.0 Å². The first kappa shape index (κ1) is 49.7. The summed E-state index contributed by atoms with van der Waals surface area (Å²) in [4.78, 5) is 81.7. The van der Waals surface area contributed by atoms with Crippen LogP contribution < -0.4 is 0 Å². The molecule has 15 nitrogen and oxygen atoms in total. The number of rotatable bonds is 15. The Kier molecular flexibility index (Phi) is 16.0. The molecule has 3 aliphatic rings. The molecular weight excluding hydrogens is 863 g/mol. The lowest BCUT2D eigenvalue weighted by atomic mass is 9.86. The number of aromatic nitrogens is 4. The lowest BCUT2D eigenvalue weighted by Crippen LogP contribution is -2.61. The van der Waals surface area contributed by atoms with Crippen molar-refractivity contribution in [3.8, 4) is 0 Å². The fourth-order valence-electron chi connectivity index (χ4n) is 9.09. The zero-order valence-electron chi connectivity index (χ0n) is 39.9. The van der Waals surface area contributed by atoms with Crippen molar-refractivity contribution in [3.05, 3.63) is 75.9 Å². The number of fused-ring (bicyclic) bond motifs is 8. The van der Waals surface area contributed by atoms with Crippen LogP contribution in [0.2, 0.25) is 0 Å². The van der Waals surface area contributed by atoms with Gasteiger partial charge in [0.1, 0.15) is 18.1 Å². The van der Waals surface area contributed by atoms with Crippen molar-refractivity contribution in [1.29, 1.82) is 0 Å². The van der Waals surface area contributed by atoms with Gasteiger partial charge >= 0.3 is 23.9 Å². The Labute approximate surface area is 390 Å². The average Bonchev–Trinajstić information content (AvgIpc) is 3.96. The smallest absolute Gasteiger partial charge is 0.303 e. The summed E-state index contributed by atoms with van der Waals surface area (Å²) in [6.07, 6.45) is -0.486. The molecule has 3 aromatic heterocycles. The minimum Gasteiger partial charge on any atom is -0.463 e. The number of nitrogens with one attached hydrogen (secondary N) is 2. The van der Waals surface area contributed by atoms with E-state index in [0.29, 0.717) is 31.6 Å². The number of nitrogens with zero attached hydrogens (tertiary/aromatic N) is 3. The van der Waals surface area contributed by atoms with E-state index in [9.17, 15) is 24.0 Å². The van der Waals surface area contributed by atoms with Crippen LogP contribution in [0.5, 0.6) is 0 Å². The van der Waals surface area contributed by atoms with Crippen LogP contribution in [-0.2, 0) is 47.7 Å². The zero-order chi connectivity index (χ0) is 48.1. The maximum atomic E-state index is 13.8. The van der Waals surface area contributed by atoms with Crippen LogP contribution in [0.25, 0.3) is 39.3 Å². The van der Waals surface area contributed by atoms with Crippen molar-refractivity contribution in [1.82, 2.24) is 24.8 Å². The molecule has 8 bridgehead atoms. The van der Waals surface area contributed by atoms with Crippen molar-refractivity contribution >= 4 is 80.8 Å². The topological polar surface area (TPSA) is 192 Å². The van der Waals surface area contributed by atoms with E-state index in [-0.39, 0.29) is 24.3 Å². The summed E-state index contributed by atoms with van der Waals surface area (Å²) in [5.74, 6) is -2.22. The Morgan fingerprint density at radius 3 is 2.11 bits per heavy atom. The highest BCUT2D eigenvalue weighted by molar-refractivity contribution is 7.99. The highest BCUT2D eigenvalue weighted by Crippen LogP contribution is 2.42. The van der Waals surface area contributed by atoms with E-state index in [4.69, 9.17) is 33.7 Å². The number of ether oxygens (including phenoxy) is 5. The van der Waals surface area contributed by atoms with Crippen LogP contribution in [0.4, 0.5) is 0 Å². The summed E-state index contributed by atoms with van der Waals surface area (Å²) >= 11 is 1.29. The number of carbonyl (C=O) groups is 5. The number of hydrogen-bond donors (Lipinski definition) is 2. The predicted octanol–water partition coefficient (Wildman–Crippen LogP) is 8.56. The predicted molar refractivity (Wildman–Crippen MR) is 255 cm³/mol. The lowest BCUT2D eigenvalue weighted by molar-refractivity contribution is -0.237. The molecule has 1 fully saturated rings. The molecule has 66 heavy (non-hydrogen) atoms. The quantitative estimate of drug-likeness (QED) is 0.0838. The molecule has 3 aromatic rings. The maximum Gasteiger partial charge on any atom is 0.303 e. The van der Waals surface area contributed by atoms with Crippen LogP contribution in [0.1, 0.15) is 131 Å². The van der Waals surface area contributed by atoms with Gasteiger partial charge in [0.05, 0.1) is 11.4 Å². The molecule has 6 heterocycles. The Morgan fingerprint density at radius 1 is 0.818 bits per heavy atom. The van der Waals surface area contributed by atoms with E-state index in [1.165, 1.54) is 45.0 Å². The highest BCUT2D eigenvalue weighted by Gasteiger charge is 2.52. The van der Waals surface area contributed by atoms with Crippen molar-refractivity contribution in [2.24, 2.45) is 0 Å². The van der Waals surface area contributed by atoms with Gasteiger partial charge in [-0.05, 0) is 105 Å². The second-order valence-electron chi connectivity index (χ2n) is 17.3.